The fraction of sp³-hybridized carbons (Fsp3) is 0.314. The number of rotatable bonds is 5. The van der Waals surface area contributed by atoms with Gasteiger partial charge in [-0.3, -0.25) is 0 Å². The summed E-state index contributed by atoms with van der Waals surface area (Å²) >= 11 is 0. The first-order chi connectivity index (χ1) is 27.8. The van der Waals surface area contributed by atoms with Gasteiger partial charge >= 0.3 is 49.4 Å². The first-order valence-corrected chi connectivity index (χ1v) is 18.5. The molecule has 0 fully saturated rings. The molecule has 4 aromatic rings. The molecule has 0 aliphatic heterocycles. The molecule has 0 N–H and O–H groups in total. The van der Waals surface area contributed by atoms with E-state index in [0.29, 0.717) is 0 Å². The van der Waals surface area contributed by atoms with Crippen LogP contribution in [0.5, 0.6) is 0 Å². The van der Waals surface area contributed by atoms with Crippen LogP contribution in [0.15, 0.2) is 72.8 Å². The Labute approximate surface area is 338 Å². The van der Waals surface area contributed by atoms with Crippen molar-refractivity contribution < 1.29 is 114 Å². The van der Waals surface area contributed by atoms with E-state index < -0.39 is 205 Å². The van der Waals surface area contributed by atoms with Gasteiger partial charge in [0.2, 0.25) is 10.2 Å². The van der Waals surface area contributed by atoms with Gasteiger partial charge in [0.15, 0.2) is 0 Å². The fourth-order valence-electron chi connectivity index (χ4n) is 6.07. The van der Waals surface area contributed by atoms with E-state index in [1.54, 1.807) is 12.5 Å². The minimum absolute atomic E-state index is 0.691. The summed E-state index contributed by atoms with van der Waals surface area (Å²) in [5, 5.41) is 0. The van der Waals surface area contributed by atoms with Gasteiger partial charge in [-0.25, -0.2) is 0 Å². The highest BCUT2D eigenvalue weighted by molar-refractivity contribution is 7.97. The van der Waals surface area contributed by atoms with Gasteiger partial charge in [0, 0.05) is 0 Å². The average Bonchev–Trinajstić information content (AvgIpc) is 3.08. The van der Waals surface area contributed by atoms with Crippen molar-refractivity contribution >= 4 is 38.2 Å². The van der Waals surface area contributed by atoms with Gasteiger partial charge in [0.1, 0.15) is 18.7 Å². The molecule has 0 saturated carbocycles. The van der Waals surface area contributed by atoms with Crippen LogP contribution in [-0.4, -0.2) is 25.8 Å². The molecule has 28 heteroatoms. The van der Waals surface area contributed by atoms with Crippen LogP contribution in [-0.2, 0) is 68.0 Å². The third-order valence-electron chi connectivity index (χ3n) is 8.84. The third kappa shape index (κ3) is 12.6. The molecule has 4 rings (SSSR count). The Morgan fingerprint density at radius 2 is 0.429 bits per heavy atom. The van der Waals surface area contributed by atoms with E-state index in [4.69, 9.17) is 0 Å². The zero-order valence-electron chi connectivity index (χ0n) is 30.8. The van der Waals surface area contributed by atoms with Crippen molar-refractivity contribution in [2.45, 2.75) is 49.4 Å². The Hall–Kier alpha value is -4.63. The molecule has 0 spiro atoms. The predicted octanol–water partition coefficient (Wildman–Crippen LogP) is 11.5. The maximum Gasteiger partial charge on any atom is 0.416 e. The molecule has 0 amide bonds. The summed E-state index contributed by atoms with van der Waals surface area (Å²) in [6, 6.07) is -8.81. The van der Waals surface area contributed by atoms with Crippen molar-refractivity contribution in [1.82, 2.24) is 0 Å². The average molecular weight is 972 g/mol. The SMILES string of the molecule is CO[S+](C)(C)=O.FC(F)(F)c1cc([B-](c2cc(C(F)(F)F)cc(C(F)(F)F)c2)(c2cc(C(F)(F)F)cc(C(F)(F)F)c2)c2cc(C(F)(F)F)cc(C(F)(F)F)c2)cc(C(F)(F)F)c1. The summed E-state index contributed by atoms with van der Waals surface area (Å²) in [5.74, 6) is 0. The highest BCUT2D eigenvalue weighted by atomic mass is 32.3. The lowest BCUT2D eigenvalue weighted by molar-refractivity contribution is -0.144. The summed E-state index contributed by atoms with van der Waals surface area (Å²) in [6.45, 7) is 0. The van der Waals surface area contributed by atoms with Crippen LogP contribution in [0.25, 0.3) is 0 Å². The minimum atomic E-state index is -6.13. The van der Waals surface area contributed by atoms with Crippen molar-refractivity contribution in [3.63, 3.8) is 0 Å². The molecule has 0 aliphatic rings. The van der Waals surface area contributed by atoms with E-state index in [0.717, 1.165) is 0 Å². The van der Waals surface area contributed by atoms with Crippen LogP contribution >= 0.6 is 0 Å². The van der Waals surface area contributed by atoms with Gasteiger partial charge in [-0.15, -0.1) is 0 Å². The lowest BCUT2D eigenvalue weighted by Crippen LogP contribution is -2.75. The maximum atomic E-state index is 14.2. The fourth-order valence-corrected chi connectivity index (χ4v) is 6.07. The van der Waals surface area contributed by atoms with Crippen molar-refractivity contribution in [1.29, 1.82) is 0 Å². The Morgan fingerprint density at radius 1 is 0.317 bits per heavy atom. The number of halogens is 24. The Balaban J connectivity index is 0.00000164. The quantitative estimate of drug-likeness (QED) is 0.113. The van der Waals surface area contributed by atoms with Gasteiger partial charge < -0.3 is 0 Å². The highest BCUT2D eigenvalue weighted by Crippen LogP contribution is 2.41. The zero-order valence-corrected chi connectivity index (χ0v) is 31.6. The first-order valence-electron chi connectivity index (χ1n) is 16.2. The molecule has 0 heterocycles. The van der Waals surface area contributed by atoms with E-state index in [1.165, 1.54) is 7.11 Å². The summed E-state index contributed by atoms with van der Waals surface area (Å²) < 4.78 is 356. The van der Waals surface area contributed by atoms with Crippen molar-refractivity contribution in [2.75, 3.05) is 19.6 Å². The predicted molar refractivity (Wildman–Crippen MR) is 177 cm³/mol. The second-order valence-electron chi connectivity index (χ2n) is 13.5. The molecule has 2 nitrogen and oxygen atoms in total. The molecule has 0 aromatic heterocycles. The zero-order chi connectivity index (χ0) is 49.1. The molecule has 63 heavy (non-hydrogen) atoms. The lowest BCUT2D eigenvalue weighted by atomic mass is 9.12. The van der Waals surface area contributed by atoms with Gasteiger partial charge in [0.25, 0.3) is 0 Å². The molecule has 350 valence electrons. The molecule has 0 radical (unpaired) electrons. The van der Waals surface area contributed by atoms with Crippen LogP contribution in [0.1, 0.15) is 44.5 Å². The molecular formula is C35H21BF24O2S. The lowest BCUT2D eigenvalue weighted by Gasteiger charge is -2.46. The van der Waals surface area contributed by atoms with Crippen LogP contribution in [0.4, 0.5) is 105 Å². The van der Waals surface area contributed by atoms with E-state index in [9.17, 15) is 110 Å². The smallest absolute Gasteiger partial charge is 0.194 e. The summed E-state index contributed by atoms with van der Waals surface area (Å²) in [4.78, 5) is 0. The van der Waals surface area contributed by atoms with Crippen LogP contribution in [0, 0.1) is 0 Å². The third-order valence-corrected chi connectivity index (χ3v) is 9.64. The van der Waals surface area contributed by atoms with Crippen molar-refractivity contribution in [2.24, 2.45) is 0 Å². The largest absolute Gasteiger partial charge is 0.416 e. The topological polar surface area (TPSA) is 26.3 Å². The molecule has 0 bridgehead atoms. The Bertz CT molecular complexity index is 1900. The number of alkyl halides is 24. The van der Waals surface area contributed by atoms with Crippen LogP contribution in [0.3, 0.4) is 0 Å². The standard InChI is InChI=1S/C32H12BF24.C3H9O2S/c34-25(35,36)13-1-14(26(37,38)39)6-21(5-13)33(22-7-15(27(40,41)42)2-16(8-22)28(43,44)45,23-9-17(29(46,47)48)3-18(10-23)30(49,50)51)24-11-19(31(52,53)54)4-20(12-24)32(55,56)57;1-5-6(2,3)4/h1-12H;1-3H3/q-1;+1. The molecule has 0 saturated heterocycles. The number of hydrogen-bond acceptors (Lipinski definition) is 2. The van der Waals surface area contributed by atoms with Crippen LogP contribution in [0.2, 0.25) is 0 Å². The molecular weight excluding hydrogens is 951 g/mol. The van der Waals surface area contributed by atoms with Gasteiger partial charge in [-0.2, -0.15) is 131 Å². The second-order valence-corrected chi connectivity index (χ2v) is 16.2. The Morgan fingerprint density at radius 3 is 0.508 bits per heavy atom. The Kier molecular flexibility index (Phi) is 14.0. The highest BCUT2D eigenvalue weighted by Gasteiger charge is 2.47. The minimum Gasteiger partial charge on any atom is -0.194 e. The van der Waals surface area contributed by atoms with E-state index in [2.05, 4.69) is 4.18 Å². The van der Waals surface area contributed by atoms with Crippen LogP contribution < -0.4 is 21.9 Å². The maximum absolute atomic E-state index is 14.2. The monoisotopic (exact) mass is 972 g/mol. The van der Waals surface area contributed by atoms with Gasteiger partial charge in [0.05, 0.1) is 51.6 Å². The summed E-state index contributed by atoms with van der Waals surface area (Å²) in [5.41, 5.74) is -30.2. The summed E-state index contributed by atoms with van der Waals surface area (Å²) in [7, 11) is -0.479. The van der Waals surface area contributed by atoms with E-state index in [1.807, 2.05) is 0 Å². The molecule has 4 aromatic carbocycles. The molecule has 0 aliphatic carbocycles. The van der Waals surface area contributed by atoms with Gasteiger partial charge in [-0.05, 0) is 24.3 Å². The van der Waals surface area contributed by atoms with Crippen molar-refractivity contribution in [3.8, 4) is 0 Å². The number of hydrogen-bond donors (Lipinski definition) is 0. The first kappa shape index (κ1) is 52.7. The molecule has 0 atom stereocenters. The van der Waals surface area contributed by atoms with E-state index >= 15 is 0 Å². The van der Waals surface area contributed by atoms with Gasteiger partial charge in [-0.1, -0.05) is 52.7 Å². The molecule has 0 unspecified atom stereocenters. The number of benzene rings is 4. The van der Waals surface area contributed by atoms with E-state index in [-0.39, 0.29) is 0 Å². The normalized spacial score (nSPS) is 14.1. The van der Waals surface area contributed by atoms with Crippen molar-refractivity contribution in [3.05, 3.63) is 117 Å². The second kappa shape index (κ2) is 16.7. The summed E-state index contributed by atoms with van der Waals surface area (Å²) in [6.07, 6.45) is -51.7.